The Balaban J connectivity index is 1.28. The number of hydrogen-bond donors (Lipinski definition) is 2. The second-order valence-corrected chi connectivity index (χ2v) is 12.7. The lowest BCUT2D eigenvalue weighted by Gasteiger charge is -2.27. The summed E-state index contributed by atoms with van der Waals surface area (Å²) in [5.41, 5.74) is 2.18. The highest BCUT2D eigenvalue weighted by Crippen LogP contribution is 2.36. The molecule has 47 heavy (non-hydrogen) atoms. The molecule has 0 bridgehead atoms. The van der Waals surface area contributed by atoms with Gasteiger partial charge in [0.25, 0.3) is 23.6 Å². The van der Waals surface area contributed by atoms with E-state index in [9.17, 15) is 39.0 Å². The Hall–Kier alpha value is -4.86. The third-order valence-electron chi connectivity index (χ3n) is 8.85. The highest BCUT2D eigenvalue weighted by molar-refractivity contribution is 6.13. The van der Waals surface area contributed by atoms with E-state index in [0.29, 0.717) is 75.6 Å². The number of aromatic hydroxyl groups is 2. The lowest BCUT2D eigenvalue weighted by atomic mass is 9.76. The average molecular weight is 643 g/mol. The molecule has 2 heterocycles. The first-order valence-electron chi connectivity index (χ1n) is 16.1. The average Bonchev–Trinajstić information content (AvgIpc) is 3.52. The van der Waals surface area contributed by atoms with E-state index >= 15 is 0 Å². The van der Waals surface area contributed by atoms with Gasteiger partial charge in [-0.25, -0.2) is 0 Å². The molecule has 4 rings (SSSR count). The normalized spacial score (nSPS) is 14.6. The molecule has 0 atom stereocenters. The number of nitrogens with zero attached hydrogens (tertiary/aromatic N) is 2. The number of carbonyl (C=O) groups is 6. The van der Waals surface area contributed by atoms with Crippen LogP contribution in [0.2, 0.25) is 0 Å². The zero-order valence-corrected chi connectivity index (χ0v) is 27.0. The van der Waals surface area contributed by atoms with E-state index in [1.54, 1.807) is 24.3 Å². The summed E-state index contributed by atoms with van der Waals surface area (Å²) in [5, 5.41) is 21.1. The molecule has 0 unspecified atom stereocenters. The molecule has 2 aromatic rings. The molecule has 2 aliphatic rings. The Morgan fingerprint density at radius 3 is 1.30 bits per heavy atom. The Labute approximate surface area is 274 Å². The van der Waals surface area contributed by atoms with Gasteiger partial charge in [0, 0.05) is 79.6 Å². The minimum atomic E-state index is -0.574. The van der Waals surface area contributed by atoms with Crippen LogP contribution in [0.5, 0.6) is 11.5 Å². The van der Waals surface area contributed by atoms with E-state index in [1.165, 1.54) is 34.1 Å². The van der Waals surface area contributed by atoms with Gasteiger partial charge < -0.3 is 10.2 Å². The number of phenolic OH excluding ortho intramolecular Hbond substituents is 2. The zero-order valence-electron chi connectivity index (χ0n) is 27.0. The third kappa shape index (κ3) is 9.12. The Morgan fingerprint density at radius 1 is 0.574 bits per heavy atom. The maximum atomic E-state index is 12.8. The molecule has 0 fully saturated rings. The molecule has 2 aliphatic heterocycles. The number of benzene rings is 2. The molecule has 0 radical (unpaired) electrons. The van der Waals surface area contributed by atoms with E-state index < -0.39 is 5.41 Å². The molecular formula is C37H42N2O8. The zero-order chi connectivity index (χ0) is 34.1. The van der Waals surface area contributed by atoms with Crippen LogP contribution in [0.4, 0.5) is 0 Å². The summed E-state index contributed by atoms with van der Waals surface area (Å²) in [4.78, 5) is 74.5. The number of ketones is 2. The predicted molar refractivity (Wildman–Crippen MR) is 174 cm³/mol. The van der Waals surface area contributed by atoms with Crippen molar-refractivity contribution >= 4 is 35.2 Å². The van der Waals surface area contributed by atoms with Crippen molar-refractivity contribution in [3.63, 3.8) is 0 Å². The number of amides is 4. The van der Waals surface area contributed by atoms with Crippen LogP contribution in [0.25, 0.3) is 0 Å². The van der Waals surface area contributed by atoms with Crippen LogP contribution in [-0.4, -0.2) is 68.3 Å². The highest BCUT2D eigenvalue weighted by Gasteiger charge is 2.27. The molecular weight excluding hydrogens is 600 g/mol. The predicted octanol–water partition coefficient (Wildman–Crippen LogP) is 4.62. The molecule has 2 N–H and O–H groups in total. The van der Waals surface area contributed by atoms with Crippen LogP contribution in [0.1, 0.15) is 87.5 Å². The van der Waals surface area contributed by atoms with Gasteiger partial charge in [0.05, 0.1) is 0 Å². The Bertz CT molecular complexity index is 1470. The number of rotatable bonds is 18. The summed E-state index contributed by atoms with van der Waals surface area (Å²) in [6.07, 6.45) is 9.64. The summed E-state index contributed by atoms with van der Waals surface area (Å²) in [6.45, 7) is 4.66. The number of imide groups is 2. The van der Waals surface area contributed by atoms with Gasteiger partial charge in [-0.1, -0.05) is 51.0 Å². The molecule has 10 heteroatoms. The van der Waals surface area contributed by atoms with Gasteiger partial charge in [-0.2, -0.15) is 0 Å². The van der Waals surface area contributed by atoms with Crippen LogP contribution in [0.3, 0.4) is 0 Å². The summed E-state index contributed by atoms with van der Waals surface area (Å²) in [5.74, 6) is -1.22. The molecule has 10 nitrogen and oxygen atoms in total. The van der Waals surface area contributed by atoms with E-state index in [2.05, 4.69) is 0 Å². The summed E-state index contributed by atoms with van der Waals surface area (Å²) in [7, 11) is 0. The van der Waals surface area contributed by atoms with Crippen molar-refractivity contribution in [3.05, 3.63) is 83.0 Å². The Morgan fingerprint density at radius 2 is 0.936 bits per heavy atom. The molecule has 0 spiro atoms. The second-order valence-electron chi connectivity index (χ2n) is 12.7. The number of hydrogen-bond acceptors (Lipinski definition) is 8. The van der Waals surface area contributed by atoms with Crippen LogP contribution < -0.4 is 0 Å². The van der Waals surface area contributed by atoms with Gasteiger partial charge in [0.2, 0.25) is 0 Å². The minimum absolute atomic E-state index is 0.0225. The van der Waals surface area contributed by atoms with Crippen molar-refractivity contribution < 1.29 is 39.0 Å². The van der Waals surface area contributed by atoms with Gasteiger partial charge >= 0.3 is 0 Å². The van der Waals surface area contributed by atoms with Crippen LogP contribution in [0.15, 0.2) is 60.7 Å². The van der Waals surface area contributed by atoms with Crippen molar-refractivity contribution in [2.45, 2.75) is 83.5 Å². The lowest BCUT2D eigenvalue weighted by molar-refractivity contribution is -0.138. The molecule has 0 aromatic heterocycles. The summed E-state index contributed by atoms with van der Waals surface area (Å²) in [6, 6.07) is 10.4. The summed E-state index contributed by atoms with van der Waals surface area (Å²) >= 11 is 0. The first-order chi connectivity index (χ1) is 22.4. The van der Waals surface area contributed by atoms with E-state index in [4.69, 9.17) is 0 Å². The van der Waals surface area contributed by atoms with Gasteiger partial charge in [0.15, 0.2) is 0 Å². The van der Waals surface area contributed by atoms with Gasteiger partial charge in [-0.05, 0) is 48.9 Å². The SMILES string of the molecule is CC(C)(c1ccc(O)c(CC(=O)CCCCCN2C(=O)C=CC2=O)c1)c1ccc(O)c(CC(=O)CCCCCN2C(=O)C=CC2=O)c1. The van der Waals surface area contributed by atoms with Gasteiger partial charge in [0.1, 0.15) is 23.1 Å². The maximum Gasteiger partial charge on any atom is 0.253 e. The van der Waals surface area contributed by atoms with E-state index in [0.717, 1.165) is 11.1 Å². The standard InChI is InChI=1S/C37H42N2O8/c1-37(2,27-11-13-31(42)25(21-27)23-29(40)9-5-3-7-19-38-33(44)15-16-34(38)45)28-12-14-32(43)26(22-28)24-30(41)10-6-4-8-20-39-35(46)17-18-36(39)47/h11-18,21-22,42-43H,3-10,19-20,23-24H2,1-2H3. The molecule has 2 aromatic carbocycles. The second kappa shape index (κ2) is 15.6. The first-order valence-corrected chi connectivity index (χ1v) is 16.1. The van der Waals surface area contributed by atoms with Crippen LogP contribution in [0, 0.1) is 0 Å². The maximum absolute atomic E-state index is 12.8. The largest absolute Gasteiger partial charge is 0.508 e. The lowest BCUT2D eigenvalue weighted by Crippen LogP contribution is -2.30. The molecule has 0 saturated carbocycles. The van der Waals surface area contributed by atoms with Crippen molar-refractivity contribution in [2.75, 3.05) is 13.1 Å². The fourth-order valence-corrected chi connectivity index (χ4v) is 5.84. The van der Waals surface area contributed by atoms with Crippen LogP contribution >= 0.6 is 0 Å². The molecule has 4 amide bonds. The highest BCUT2D eigenvalue weighted by atomic mass is 16.3. The minimum Gasteiger partial charge on any atom is -0.508 e. The topological polar surface area (TPSA) is 149 Å². The quantitative estimate of drug-likeness (QED) is 0.177. The monoisotopic (exact) mass is 642 g/mol. The number of carbonyl (C=O) groups excluding carboxylic acids is 6. The van der Waals surface area contributed by atoms with Gasteiger partial charge in [-0.3, -0.25) is 38.6 Å². The molecule has 248 valence electrons. The first kappa shape index (κ1) is 35.0. The Kier molecular flexibility index (Phi) is 11.6. The fourth-order valence-electron chi connectivity index (χ4n) is 5.84. The smallest absolute Gasteiger partial charge is 0.253 e. The summed E-state index contributed by atoms with van der Waals surface area (Å²) < 4.78 is 0. The number of unbranched alkanes of at least 4 members (excludes halogenated alkanes) is 4. The number of phenols is 2. The van der Waals surface area contributed by atoms with Crippen molar-refractivity contribution in [2.24, 2.45) is 0 Å². The number of Topliss-reactive ketones (excluding diaryl/α,β-unsaturated/α-hetero) is 2. The van der Waals surface area contributed by atoms with Crippen molar-refractivity contribution in [3.8, 4) is 11.5 Å². The van der Waals surface area contributed by atoms with E-state index in [-0.39, 0.29) is 59.5 Å². The van der Waals surface area contributed by atoms with Crippen molar-refractivity contribution in [1.82, 2.24) is 9.80 Å². The van der Waals surface area contributed by atoms with Gasteiger partial charge in [-0.15, -0.1) is 0 Å². The van der Waals surface area contributed by atoms with E-state index in [1.807, 2.05) is 26.0 Å². The van der Waals surface area contributed by atoms with Crippen molar-refractivity contribution in [1.29, 1.82) is 0 Å². The third-order valence-corrected chi connectivity index (χ3v) is 8.85. The van der Waals surface area contributed by atoms with Crippen LogP contribution in [-0.2, 0) is 47.0 Å². The molecule has 0 saturated heterocycles. The fraction of sp³-hybridized carbons (Fsp3) is 0.405. The molecule has 0 aliphatic carbocycles.